The number of para-hydroxylation sites is 1. The highest BCUT2D eigenvalue weighted by atomic mass is 35.5. The number of amides is 2. The third-order valence-corrected chi connectivity index (χ3v) is 5.25. The molecule has 0 aromatic heterocycles. The Hall–Kier alpha value is -3.06. The molecular weight excluding hydrogens is 473 g/mol. The lowest BCUT2D eigenvalue weighted by Crippen LogP contribution is -2.33. The van der Waals surface area contributed by atoms with Crippen LogP contribution in [0.3, 0.4) is 0 Å². The molecule has 32 heavy (non-hydrogen) atoms. The van der Waals surface area contributed by atoms with Crippen molar-refractivity contribution in [3.8, 4) is 5.75 Å². The molecule has 0 radical (unpaired) electrons. The first-order chi connectivity index (χ1) is 15.3. The molecule has 3 aromatic carbocycles. The van der Waals surface area contributed by atoms with Gasteiger partial charge in [0, 0.05) is 15.6 Å². The number of nitrogens with zero attached hydrogens (tertiary/aromatic N) is 1. The fourth-order valence-electron chi connectivity index (χ4n) is 2.58. The summed E-state index contributed by atoms with van der Waals surface area (Å²) in [6.07, 6.45) is 0. The third kappa shape index (κ3) is 6.47. The van der Waals surface area contributed by atoms with Crippen LogP contribution in [-0.4, -0.2) is 17.5 Å². The average molecular weight is 491 g/mol. The van der Waals surface area contributed by atoms with Gasteiger partial charge in [-0.05, 0) is 61.0 Å². The molecule has 6 nitrogen and oxygen atoms in total. The van der Waals surface area contributed by atoms with Crippen molar-refractivity contribution in [3.05, 3.63) is 92.9 Å². The fourth-order valence-corrected chi connectivity index (χ4v) is 3.23. The van der Waals surface area contributed by atoms with Crippen LogP contribution in [0.4, 0.5) is 5.69 Å². The van der Waals surface area contributed by atoms with Crippen molar-refractivity contribution in [1.82, 2.24) is 5.43 Å². The number of benzene rings is 3. The van der Waals surface area contributed by atoms with Gasteiger partial charge in [-0.15, -0.1) is 0 Å². The Labute approximate surface area is 200 Å². The van der Waals surface area contributed by atoms with Crippen LogP contribution < -0.4 is 15.5 Å². The Bertz CT molecular complexity index is 1160. The van der Waals surface area contributed by atoms with Crippen molar-refractivity contribution in [3.63, 3.8) is 0 Å². The first kappa shape index (κ1) is 23.6. The van der Waals surface area contributed by atoms with Gasteiger partial charge in [-0.3, -0.25) is 9.59 Å². The summed E-state index contributed by atoms with van der Waals surface area (Å²) >= 11 is 18.0. The largest absolute Gasteiger partial charge is 0.489 e. The zero-order valence-electron chi connectivity index (χ0n) is 16.9. The highest BCUT2D eigenvalue weighted by Crippen LogP contribution is 2.23. The van der Waals surface area contributed by atoms with Gasteiger partial charge in [-0.25, -0.2) is 5.43 Å². The van der Waals surface area contributed by atoms with E-state index in [9.17, 15) is 9.59 Å². The Morgan fingerprint density at radius 2 is 1.62 bits per heavy atom. The lowest BCUT2D eigenvalue weighted by molar-refractivity contribution is -0.136. The highest BCUT2D eigenvalue weighted by Gasteiger charge is 2.14. The van der Waals surface area contributed by atoms with Gasteiger partial charge in [0.25, 0.3) is 0 Å². The summed E-state index contributed by atoms with van der Waals surface area (Å²) < 4.78 is 5.74. The predicted octanol–water partition coefficient (Wildman–Crippen LogP) is 5.70. The van der Waals surface area contributed by atoms with Gasteiger partial charge in [0.15, 0.2) is 0 Å². The second-order valence-corrected chi connectivity index (χ2v) is 7.87. The first-order valence-electron chi connectivity index (χ1n) is 9.41. The fraction of sp³-hybridized carbons (Fsp3) is 0.0870. The van der Waals surface area contributed by atoms with E-state index >= 15 is 0 Å². The maximum absolute atomic E-state index is 12.0. The number of halogens is 3. The molecule has 2 N–H and O–H groups in total. The second kappa shape index (κ2) is 11.0. The van der Waals surface area contributed by atoms with E-state index in [0.717, 1.165) is 11.1 Å². The molecule has 3 rings (SSSR count). The molecule has 0 unspecified atom stereocenters. The van der Waals surface area contributed by atoms with E-state index in [1.165, 1.54) is 0 Å². The normalized spacial score (nSPS) is 11.1. The summed E-state index contributed by atoms with van der Waals surface area (Å²) in [7, 11) is 0. The second-order valence-electron chi connectivity index (χ2n) is 6.62. The maximum atomic E-state index is 12.0. The van der Waals surface area contributed by atoms with Crippen LogP contribution in [0.1, 0.15) is 18.1 Å². The predicted molar refractivity (Wildman–Crippen MR) is 128 cm³/mol. The molecular formula is C23H18Cl3N3O3. The standard InChI is InChI=1S/C23H18Cl3N3O3/c1-14(28-29-23(31)22(30)27-21-5-3-2-4-19(21)25)15-7-10-18(11-8-15)32-13-16-6-9-17(24)12-20(16)26/h2-12H,13H2,1H3,(H,27,30)(H,29,31). The van der Waals surface area contributed by atoms with Crippen LogP contribution in [0.25, 0.3) is 0 Å². The molecule has 0 fully saturated rings. The van der Waals surface area contributed by atoms with Gasteiger partial charge in [-0.1, -0.05) is 53.0 Å². The van der Waals surface area contributed by atoms with Crippen LogP contribution in [0.15, 0.2) is 71.8 Å². The maximum Gasteiger partial charge on any atom is 0.329 e. The minimum Gasteiger partial charge on any atom is -0.489 e. The molecule has 0 aliphatic rings. The van der Waals surface area contributed by atoms with Gasteiger partial charge < -0.3 is 10.1 Å². The number of ether oxygens (including phenoxy) is 1. The van der Waals surface area contributed by atoms with Crippen molar-refractivity contribution < 1.29 is 14.3 Å². The molecule has 2 amide bonds. The van der Waals surface area contributed by atoms with Crippen molar-refractivity contribution in [2.75, 3.05) is 5.32 Å². The van der Waals surface area contributed by atoms with Gasteiger partial charge >= 0.3 is 11.8 Å². The van der Waals surface area contributed by atoms with Gasteiger partial charge in [0.05, 0.1) is 16.4 Å². The molecule has 0 spiro atoms. The van der Waals surface area contributed by atoms with Gasteiger partial charge in [0.1, 0.15) is 12.4 Å². The number of hydrogen-bond donors (Lipinski definition) is 2. The van der Waals surface area contributed by atoms with Crippen LogP contribution >= 0.6 is 34.8 Å². The minimum atomic E-state index is -0.913. The van der Waals surface area contributed by atoms with E-state index in [-0.39, 0.29) is 0 Å². The number of hydrogen-bond acceptors (Lipinski definition) is 4. The summed E-state index contributed by atoms with van der Waals surface area (Å²) in [5.41, 5.74) is 4.64. The highest BCUT2D eigenvalue weighted by molar-refractivity contribution is 6.41. The van der Waals surface area contributed by atoms with Crippen LogP contribution in [-0.2, 0) is 16.2 Å². The summed E-state index contributed by atoms with van der Waals surface area (Å²) in [6.45, 7) is 1.99. The summed E-state index contributed by atoms with van der Waals surface area (Å²) in [6, 6.07) is 18.9. The number of nitrogens with one attached hydrogen (secondary N) is 2. The van der Waals surface area contributed by atoms with E-state index in [1.54, 1.807) is 73.7 Å². The van der Waals surface area contributed by atoms with E-state index in [2.05, 4.69) is 15.8 Å². The molecule has 9 heteroatoms. The average Bonchev–Trinajstić information content (AvgIpc) is 2.78. The van der Waals surface area contributed by atoms with E-state index in [0.29, 0.717) is 38.8 Å². The quantitative estimate of drug-likeness (QED) is 0.264. The Morgan fingerprint density at radius 3 is 2.31 bits per heavy atom. The molecule has 0 bridgehead atoms. The molecule has 0 saturated carbocycles. The molecule has 0 aliphatic carbocycles. The van der Waals surface area contributed by atoms with Gasteiger partial charge in [0.2, 0.25) is 0 Å². The van der Waals surface area contributed by atoms with Crippen molar-refractivity contribution in [1.29, 1.82) is 0 Å². The van der Waals surface area contributed by atoms with Crippen LogP contribution in [0, 0.1) is 0 Å². The number of hydrazone groups is 1. The third-order valence-electron chi connectivity index (χ3n) is 4.33. The summed E-state index contributed by atoms with van der Waals surface area (Å²) in [4.78, 5) is 24.0. The summed E-state index contributed by atoms with van der Waals surface area (Å²) in [5, 5.41) is 7.83. The smallest absolute Gasteiger partial charge is 0.329 e. The van der Waals surface area contributed by atoms with Crippen LogP contribution in [0.5, 0.6) is 5.75 Å². The van der Waals surface area contributed by atoms with E-state index in [1.807, 2.05) is 0 Å². The number of carbonyl (C=O) groups is 2. The van der Waals surface area contributed by atoms with Crippen molar-refractivity contribution in [2.24, 2.45) is 5.10 Å². The zero-order valence-corrected chi connectivity index (χ0v) is 19.1. The zero-order chi connectivity index (χ0) is 23.1. The molecule has 0 atom stereocenters. The van der Waals surface area contributed by atoms with Crippen LogP contribution in [0.2, 0.25) is 15.1 Å². The SMILES string of the molecule is CC(=NNC(=O)C(=O)Nc1ccccc1Cl)c1ccc(OCc2ccc(Cl)cc2Cl)cc1. The lowest BCUT2D eigenvalue weighted by Gasteiger charge is -2.09. The Morgan fingerprint density at radius 1 is 0.906 bits per heavy atom. The molecule has 164 valence electrons. The molecule has 0 heterocycles. The number of rotatable bonds is 6. The molecule has 0 aliphatic heterocycles. The number of anilines is 1. The molecule has 0 saturated heterocycles. The summed E-state index contributed by atoms with van der Waals surface area (Å²) in [5.74, 6) is -1.15. The van der Waals surface area contributed by atoms with E-state index in [4.69, 9.17) is 39.5 Å². The van der Waals surface area contributed by atoms with Crippen molar-refractivity contribution >= 4 is 58.0 Å². The monoisotopic (exact) mass is 489 g/mol. The molecule has 3 aromatic rings. The minimum absolute atomic E-state index is 0.291. The topological polar surface area (TPSA) is 79.8 Å². The lowest BCUT2D eigenvalue weighted by atomic mass is 10.1. The van der Waals surface area contributed by atoms with E-state index < -0.39 is 11.8 Å². The number of carbonyl (C=O) groups excluding carboxylic acids is 2. The Kier molecular flexibility index (Phi) is 8.11. The van der Waals surface area contributed by atoms with Crippen molar-refractivity contribution in [2.45, 2.75) is 13.5 Å². The van der Waals surface area contributed by atoms with Gasteiger partial charge in [-0.2, -0.15) is 5.10 Å². The first-order valence-corrected chi connectivity index (χ1v) is 10.5. The Balaban J connectivity index is 1.55.